The maximum atomic E-state index is 13.1. The van der Waals surface area contributed by atoms with Crippen LogP contribution in [0, 0.1) is 6.92 Å². The molecule has 2 amide bonds. The molecule has 0 bridgehead atoms. The van der Waals surface area contributed by atoms with Crippen molar-refractivity contribution in [3.8, 4) is 17.2 Å². The molecule has 4 aromatic carbocycles. The van der Waals surface area contributed by atoms with Crippen LogP contribution in [0.2, 0.25) is 0 Å². The van der Waals surface area contributed by atoms with Crippen molar-refractivity contribution in [2.24, 2.45) is 0 Å². The van der Waals surface area contributed by atoms with Crippen molar-refractivity contribution in [2.45, 2.75) is 6.92 Å². The molecule has 164 valence electrons. The third-order valence-electron chi connectivity index (χ3n) is 5.58. The number of nitrogens with zero attached hydrogens (tertiary/aromatic N) is 1. The van der Waals surface area contributed by atoms with Crippen LogP contribution in [0.1, 0.15) is 15.9 Å². The average molecular weight is 438 g/mol. The molecular formula is C27H22N2O4. The Morgan fingerprint density at radius 2 is 1.73 bits per heavy atom. The lowest BCUT2D eigenvalue weighted by Gasteiger charge is -2.16. The van der Waals surface area contributed by atoms with Gasteiger partial charge in [0.05, 0.1) is 11.3 Å². The Hall–Kier alpha value is -4.32. The van der Waals surface area contributed by atoms with Crippen molar-refractivity contribution in [3.63, 3.8) is 0 Å². The Balaban J connectivity index is 1.30. The summed E-state index contributed by atoms with van der Waals surface area (Å²) in [4.78, 5) is 27.1. The fourth-order valence-corrected chi connectivity index (χ4v) is 3.85. The third-order valence-corrected chi connectivity index (χ3v) is 5.58. The number of rotatable bonds is 4. The molecule has 5 rings (SSSR count). The summed E-state index contributed by atoms with van der Waals surface area (Å²) in [6.07, 6.45) is 0. The number of hydrogen-bond acceptors (Lipinski definition) is 4. The van der Waals surface area contributed by atoms with Gasteiger partial charge in [-0.1, -0.05) is 36.4 Å². The van der Waals surface area contributed by atoms with Crippen LogP contribution in [-0.2, 0) is 4.79 Å². The van der Waals surface area contributed by atoms with Crippen molar-refractivity contribution in [2.75, 3.05) is 23.9 Å². The minimum atomic E-state index is -0.322. The SMILES string of the molecule is Cc1ccc2c(c1)N(C)C(=O)c1cc(NC(=O)COc3ccc4ccccc4c3)ccc1O2. The first kappa shape index (κ1) is 20.6. The highest BCUT2D eigenvalue weighted by Gasteiger charge is 2.26. The molecule has 1 heterocycles. The van der Waals surface area contributed by atoms with Crippen LogP contribution in [0.25, 0.3) is 10.8 Å². The summed E-state index contributed by atoms with van der Waals surface area (Å²) in [5, 5.41) is 4.94. The topological polar surface area (TPSA) is 67.9 Å². The van der Waals surface area contributed by atoms with Gasteiger partial charge in [-0.15, -0.1) is 0 Å². The van der Waals surface area contributed by atoms with Crippen molar-refractivity contribution in [3.05, 3.63) is 90.0 Å². The summed E-state index contributed by atoms with van der Waals surface area (Å²) in [6.45, 7) is 1.81. The number of anilines is 2. The zero-order valence-corrected chi connectivity index (χ0v) is 18.3. The van der Waals surface area contributed by atoms with Crippen molar-refractivity contribution in [1.82, 2.24) is 0 Å². The first-order valence-electron chi connectivity index (χ1n) is 10.6. The van der Waals surface area contributed by atoms with Crippen molar-refractivity contribution in [1.29, 1.82) is 0 Å². The second kappa shape index (κ2) is 8.31. The van der Waals surface area contributed by atoms with Crippen molar-refractivity contribution >= 4 is 34.0 Å². The van der Waals surface area contributed by atoms with Gasteiger partial charge in [0, 0.05) is 12.7 Å². The highest BCUT2D eigenvalue weighted by Crippen LogP contribution is 2.39. The fraction of sp³-hybridized carbons (Fsp3) is 0.111. The first-order valence-corrected chi connectivity index (χ1v) is 10.6. The fourth-order valence-electron chi connectivity index (χ4n) is 3.85. The number of amides is 2. The number of benzene rings is 4. The van der Waals surface area contributed by atoms with Crippen LogP contribution in [0.5, 0.6) is 17.2 Å². The molecule has 0 saturated carbocycles. The molecule has 6 nitrogen and oxygen atoms in total. The number of hydrogen-bond donors (Lipinski definition) is 1. The summed E-state index contributed by atoms with van der Waals surface area (Å²) in [5.41, 5.74) is 2.60. The molecule has 6 heteroatoms. The molecule has 0 saturated heterocycles. The molecule has 0 unspecified atom stereocenters. The molecule has 0 aromatic heterocycles. The number of carbonyl (C=O) groups excluding carboxylic acids is 2. The summed E-state index contributed by atoms with van der Waals surface area (Å²) < 4.78 is 11.7. The van der Waals surface area contributed by atoms with Gasteiger partial charge < -0.3 is 19.7 Å². The van der Waals surface area contributed by atoms with Crippen molar-refractivity contribution < 1.29 is 19.1 Å². The minimum Gasteiger partial charge on any atom is -0.484 e. The van der Waals surface area contributed by atoms with E-state index in [4.69, 9.17) is 9.47 Å². The van der Waals surface area contributed by atoms with Gasteiger partial charge in [-0.25, -0.2) is 0 Å². The van der Waals surface area contributed by atoms with Gasteiger partial charge in [-0.05, 0) is 65.7 Å². The van der Waals surface area contributed by atoms with Gasteiger partial charge in [-0.3, -0.25) is 9.59 Å². The van der Waals surface area contributed by atoms with E-state index in [1.54, 1.807) is 30.1 Å². The van der Waals surface area contributed by atoms with E-state index in [0.29, 0.717) is 34.2 Å². The largest absolute Gasteiger partial charge is 0.484 e. The van der Waals surface area contributed by atoms with E-state index in [9.17, 15) is 9.59 Å². The highest BCUT2D eigenvalue weighted by molar-refractivity contribution is 6.10. The van der Waals surface area contributed by atoms with Crippen LogP contribution in [0.4, 0.5) is 11.4 Å². The van der Waals surface area contributed by atoms with Gasteiger partial charge in [0.1, 0.15) is 11.5 Å². The van der Waals surface area contributed by atoms with E-state index in [2.05, 4.69) is 5.32 Å². The number of aryl methyl sites for hydroxylation is 1. The lowest BCUT2D eigenvalue weighted by Crippen LogP contribution is -2.25. The molecule has 0 spiro atoms. The number of ether oxygens (including phenoxy) is 2. The Kier molecular flexibility index (Phi) is 5.18. The van der Waals surface area contributed by atoms with Gasteiger partial charge in [0.2, 0.25) is 0 Å². The predicted molar refractivity (Wildman–Crippen MR) is 129 cm³/mol. The quantitative estimate of drug-likeness (QED) is 0.454. The van der Waals surface area contributed by atoms with Gasteiger partial charge in [0.25, 0.3) is 11.8 Å². The highest BCUT2D eigenvalue weighted by atomic mass is 16.5. The standard InChI is InChI=1S/C27H22N2O4/c1-17-7-11-25-23(13-17)29(2)27(31)22-15-20(9-12-24(22)33-25)28-26(30)16-32-21-10-8-18-5-3-4-6-19(18)14-21/h3-15H,16H2,1-2H3,(H,28,30). The van der Waals surface area contributed by atoms with Crippen LogP contribution in [0.3, 0.4) is 0 Å². The lowest BCUT2D eigenvalue weighted by molar-refractivity contribution is -0.118. The van der Waals surface area contributed by atoms with E-state index < -0.39 is 0 Å². The molecule has 0 radical (unpaired) electrons. The van der Waals surface area contributed by atoms with E-state index in [1.165, 1.54) is 0 Å². The second-order valence-electron chi connectivity index (χ2n) is 7.99. The van der Waals surface area contributed by atoms with E-state index >= 15 is 0 Å². The van der Waals surface area contributed by atoms with E-state index in [1.807, 2.05) is 67.6 Å². The Labute approximate surface area is 191 Å². The molecule has 1 aliphatic heterocycles. The first-order chi connectivity index (χ1) is 16.0. The van der Waals surface area contributed by atoms with Crippen LogP contribution in [0.15, 0.2) is 78.9 Å². The van der Waals surface area contributed by atoms with Crippen LogP contribution < -0.4 is 19.7 Å². The smallest absolute Gasteiger partial charge is 0.262 e. The zero-order chi connectivity index (χ0) is 22.9. The summed E-state index contributed by atoms with van der Waals surface area (Å²) in [7, 11) is 1.71. The molecule has 33 heavy (non-hydrogen) atoms. The van der Waals surface area contributed by atoms with Crippen LogP contribution in [-0.4, -0.2) is 25.5 Å². The number of nitrogens with one attached hydrogen (secondary N) is 1. The van der Waals surface area contributed by atoms with Gasteiger partial charge in [0.15, 0.2) is 12.4 Å². The molecule has 1 N–H and O–H groups in total. The molecule has 1 aliphatic rings. The summed E-state index contributed by atoms with van der Waals surface area (Å²) >= 11 is 0. The molecule has 0 fully saturated rings. The second-order valence-corrected chi connectivity index (χ2v) is 7.99. The number of carbonyl (C=O) groups is 2. The average Bonchev–Trinajstić information content (AvgIpc) is 2.92. The normalized spacial score (nSPS) is 12.4. The van der Waals surface area contributed by atoms with Gasteiger partial charge >= 0.3 is 0 Å². The van der Waals surface area contributed by atoms with E-state index in [0.717, 1.165) is 16.3 Å². The van der Waals surface area contributed by atoms with Crippen LogP contribution >= 0.6 is 0 Å². The molecule has 0 aliphatic carbocycles. The Morgan fingerprint density at radius 1 is 0.939 bits per heavy atom. The maximum Gasteiger partial charge on any atom is 0.262 e. The monoisotopic (exact) mass is 438 g/mol. The Bertz CT molecular complexity index is 1400. The Morgan fingerprint density at radius 3 is 2.58 bits per heavy atom. The lowest BCUT2D eigenvalue weighted by atomic mass is 10.1. The number of fused-ring (bicyclic) bond motifs is 3. The summed E-state index contributed by atoms with van der Waals surface area (Å²) in [6, 6.07) is 24.4. The maximum absolute atomic E-state index is 13.1. The third kappa shape index (κ3) is 4.11. The van der Waals surface area contributed by atoms with Gasteiger partial charge in [-0.2, -0.15) is 0 Å². The molecule has 0 atom stereocenters. The zero-order valence-electron chi connectivity index (χ0n) is 18.3. The predicted octanol–water partition coefficient (Wildman–Crippen LogP) is 5.55. The minimum absolute atomic E-state index is 0.148. The molecule has 4 aromatic rings. The molecular weight excluding hydrogens is 416 g/mol. The van der Waals surface area contributed by atoms with E-state index in [-0.39, 0.29) is 18.4 Å². The summed E-state index contributed by atoms with van der Waals surface area (Å²) in [5.74, 6) is 1.13.